The molecule has 1 fully saturated rings. The Morgan fingerprint density at radius 2 is 1.90 bits per heavy atom. The fourth-order valence-electron chi connectivity index (χ4n) is 4.88. The first-order valence-electron chi connectivity index (χ1n) is 10.8. The Morgan fingerprint density at radius 3 is 2.67 bits per heavy atom. The second-order valence-electron chi connectivity index (χ2n) is 8.66. The second kappa shape index (κ2) is 7.43. The number of piperidine rings is 1. The van der Waals surface area contributed by atoms with Gasteiger partial charge in [0.15, 0.2) is 5.82 Å². The highest BCUT2D eigenvalue weighted by Gasteiger charge is 2.43. The third-order valence-corrected chi connectivity index (χ3v) is 6.46. The van der Waals surface area contributed by atoms with Gasteiger partial charge in [0.2, 0.25) is 0 Å². The lowest BCUT2D eigenvalue weighted by atomic mass is 9.82. The largest absolute Gasteiger partial charge is 0.496 e. The van der Waals surface area contributed by atoms with E-state index in [1.165, 1.54) is 11.3 Å². The summed E-state index contributed by atoms with van der Waals surface area (Å²) >= 11 is 0. The van der Waals surface area contributed by atoms with Crippen LogP contribution in [0.1, 0.15) is 49.7 Å². The number of para-hydroxylation sites is 1. The second-order valence-corrected chi connectivity index (χ2v) is 8.66. The first kappa shape index (κ1) is 19.1. The molecule has 6 heteroatoms. The standard InChI is InChI=1S/C24H29N5O/c1-17(2)22-26-15-21-24(27-19-8-6-12-25-23(19)29(21)22)10-13-28(14-11-24)16-18-7-4-5-9-20(18)30-3/h4-9,12,15,17,27H,10-11,13-14,16H2,1-3H3. The van der Waals surface area contributed by atoms with Crippen molar-refractivity contribution in [1.29, 1.82) is 0 Å². The molecule has 6 nitrogen and oxygen atoms in total. The Hall–Kier alpha value is -2.86. The van der Waals surface area contributed by atoms with Gasteiger partial charge in [0.25, 0.3) is 0 Å². The van der Waals surface area contributed by atoms with Crippen LogP contribution < -0.4 is 10.1 Å². The number of aromatic nitrogens is 3. The summed E-state index contributed by atoms with van der Waals surface area (Å²) in [6.45, 7) is 7.34. The van der Waals surface area contributed by atoms with Gasteiger partial charge < -0.3 is 10.1 Å². The Kier molecular flexibility index (Phi) is 4.74. The number of hydrogen-bond donors (Lipinski definition) is 1. The number of pyridine rings is 1. The number of imidazole rings is 1. The quantitative estimate of drug-likeness (QED) is 0.703. The molecule has 3 aromatic rings. The zero-order valence-electron chi connectivity index (χ0n) is 17.9. The average molecular weight is 404 g/mol. The van der Waals surface area contributed by atoms with Crippen molar-refractivity contribution in [3.63, 3.8) is 0 Å². The predicted molar refractivity (Wildman–Crippen MR) is 118 cm³/mol. The zero-order valence-corrected chi connectivity index (χ0v) is 17.9. The topological polar surface area (TPSA) is 55.2 Å². The molecule has 156 valence electrons. The first-order chi connectivity index (χ1) is 14.6. The highest BCUT2D eigenvalue weighted by Crippen LogP contribution is 2.44. The predicted octanol–water partition coefficient (Wildman–Crippen LogP) is 4.32. The van der Waals surface area contributed by atoms with Crippen LogP contribution in [0.5, 0.6) is 5.75 Å². The molecule has 1 aromatic carbocycles. The Morgan fingerprint density at radius 1 is 1.10 bits per heavy atom. The van der Waals surface area contributed by atoms with E-state index in [9.17, 15) is 0 Å². The van der Waals surface area contributed by atoms with Crippen LogP contribution in [-0.2, 0) is 12.1 Å². The summed E-state index contributed by atoms with van der Waals surface area (Å²) in [4.78, 5) is 12.0. The van der Waals surface area contributed by atoms with E-state index in [1.54, 1.807) is 7.11 Å². The van der Waals surface area contributed by atoms with Crippen molar-refractivity contribution in [2.45, 2.75) is 44.7 Å². The minimum atomic E-state index is -0.104. The fraction of sp³-hybridized carbons (Fsp3) is 0.417. The van der Waals surface area contributed by atoms with E-state index >= 15 is 0 Å². The van der Waals surface area contributed by atoms with Gasteiger partial charge in [-0.15, -0.1) is 0 Å². The number of hydrogen-bond acceptors (Lipinski definition) is 5. The molecule has 0 bridgehead atoms. The number of ether oxygens (including phenoxy) is 1. The third-order valence-electron chi connectivity index (χ3n) is 6.46. The Balaban J connectivity index is 1.43. The molecule has 0 saturated carbocycles. The van der Waals surface area contributed by atoms with Gasteiger partial charge in [-0.3, -0.25) is 9.47 Å². The molecule has 4 heterocycles. The Bertz CT molecular complexity index is 1050. The Labute approximate surface area is 177 Å². The molecule has 2 aliphatic heterocycles. The summed E-state index contributed by atoms with van der Waals surface area (Å²) in [6.07, 6.45) is 5.98. The minimum absolute atomic E-state index is 0.104. The van der Waals surface area contributed by atoms with Crippen LogP contribution in [0.3, 0.4) is 0 Å². The summed E-state index contributed by atoms with van der Waals surface area (Å²) in [7, 11) is 1.74. The number of anilines is 1. The van der Waals surface area contributed by atoms with Gasteiger partial charge in [0.1, 0.15) is 11.6 Å². The first-order valence-corrected chi connectivity index (χ1v) is 10.8. The van der Waals surface area contributed by atoms with Crippen molar-refractivity contribution in [1.82, 2.24) is 19.4 Å². The molecule has 1 N–H and O–H groups in total. The number of likely N-dealkylation sites (tertiary alicyclic amines) is 1. The highest BCUT2D eigenvalue weighted by molar-refractivity contribution is 5.63. The maximum Gasteiger partial charge on any atom is 0.161 e. The van der Waals surface area contributed by atoms with Crippen molar-refractivity contribution >= 4 is 5.69 Å². The normalized spacial score (nSPS) is 17.5. The van der Waals surface area contributed by atoms with Gasteiger partial charge in [-0.1, -0.05) is 32.0 Å². The number of nitrogens with zero attached hydrogens (tertiary/aromatic N) is 4. The van der Waals surface area contributed by atoms with Crippen molar-refractivity contribution in [2.75, 3.05) is 25.5 Å². The van der Waals surface area contributed by atoms with Crippen molar-refractivity contribution < 1.29 is 4.74 Å². The third kappa shape index (κ3) is 3.06. The van der Waals surface area contributed by atoms with E-state index in [-0.39, 0.29) is 5.54 Å². The van der Waals surface area contributed by atoms with Gasteiger partial charge in [-0.25, -0.2) is 9.97 Å². The molecule has 0 radical (unpaired) electrons. The summed E-state index contributed by atoms with van der Waals surface area (Å²) in [6, 6.07) is 12.5. The average Bonchev–Trinajstić information content (AvgIpc) is 3.23. The molecule has 0 amide bonds. The lowest BCUT2D eigenvalue weighted by Gasteiger charge is -2.46. The van der Waals surface area contributed by atoms with Crippen LogP contribution in [-0.4, -0.2) is 39.6 Å². The summed E-state index contributed by atoms with van der Waals surface area (Å²) in [5.41, 5.74) is 3.49. The van der Waals surface area contributed by atoms with Crippen LogP contribution >= 0.6 is 0 Å². The van der Waals surface area contributed by atoms with E-state index in [4.69, 9.17) is 9.72 Å². The molecule has 30 heavy (non-hydrogen) atoms. The molecule has 2 aromatic heterocycles. The number of rotatable bonds is 4. The SMILES string of the molecule is COc1ccccc1CN1CCC2(CC1)Nc1cccnc1-n1c2cnc1C(C)C. The van der Waals surface area contributed by atoms with E-state index in [0.717, 1.165) is 55.6 Å². The summed E-state index contributed by atoms with van der Waals surface area (Å²) in [5, 5.41) is 3.85. The van der Waals surface area contributed by atoms with E-state index in [0.29, 0.717) is 5.92 Å². The fourth-order valence-corrected chi connectivity index (χ4v) is 4.88. The van der Waals surface area contributed by atoms with Crippen LogP contribution in [0.4, 0.5) is 5.69 Å². The molecular formula is C24H29N5O. The number of methoxy groups -OCH3 is 1. The highest BCUT2D eigenvalue weighted by atomic mass is 16.5. The van der Waals surface area contributed by atoms with Crippen LogP contribution in [0.15, 0.2) is 48.8 Å². The maximum absolute atomic E-state index is 5.55. The van der Waals surface area contributed by atoms with Gasteiger partial charge in [-0.2, -0.15) is 0 Å². The molecule has 0 unspecified atom stereocenters. The lowest BCUT2D eigenvalue weighted by Crippen LogP contribution is -2.49. The van der Waals surface area contributed by atoms with E-state index in [1.807, 2.05) is 24.4 Å². The smallest absolute Gasteiger partial charge is 0.161 e. The molecule has 1 saturated heterocycles. The van der Waals surface area contributed by atoms with E-state index in [2.05, 4.69) is 58.0 Å². The van der Waals surface area contributed by atoms with Crippen molar-refractivity contribution in [3.8, 4) is 11.6 Å². The van der Waals surface area contributed by atoms with Crippen molar-refractivity contribution in [2.24, 2.45) is 0 Å². The van der Waals surface area contributed by atoms with Gasteiger partial charge in [0, 0.05) is 37.3 Å². The number of fused-ring (bicyclic) bond motifs is 4. The van der Waals surface area contributed by atoms with Gasteiger partial charge >= 0.3 is 0 Å². The summed E-state index contributed by atoms with van der Waals surface area (Å²) in [5.74, 6) is 3.36. The lowest BCUT2D eigenvalue weighted by molar-refractivity contribution is 0.160. The van der Waals surface area contributed by atoms with Crippen LogP contribution in [0.2, 0.25) is 0 Å². The van der Waals surface area contributed by atoms with Crippen LogP contribution in [0, 0.1) is 0 Å². The molecule has 2 aliphatic rings. The molecule has 0 atom stereocenters. The zero-order chi connectivity index (χ0) is 20.7. The molecule has 0 aliphatic carbocycles. The van der Waals surface area contributed by atoms with Crippen LogP contribution in [0.25, 0.3) is 5.82 Å². The molecule has 5 rings (SSSR count). The van der Waals surface area contributed by atoms with Gasteiger partial charge in [-0.05, 0) is 31.0 Å². The monoisotopic (exact) mass is 403 g/mol. The van der Waals surface area contributed by atoms with E-state index < -0.39 is 0 Å². The van der Waals surface area contributed by atoms with Crippen molar-refractivity contribution in [3.05, 3.63) is 65.9 Å². The minimum Gasteiger partial charge on any atom is -0.496 e. The molecular weight excluding hydrogens is 374 g/mol. The van der Waals surface area contributed by atoms with Gasteiger partial charge in [0.05, 0.1) is 30.2 Å². The molecule has 1 spiro atoms. The number of benzene rings is 1. The summed E-state index contributed by atoms with van der Waals surface area (Å²) < 4.78 is 7.85. The number of nitrogens with one attached hydrogen (secondary N) is 1. The maximum atomic E-state index is 5.55.